The van der Waals surface area contributed by atoms with Crippen molar-refractivity contribution >= 4 is 62.0 Å². The number of nitrogens with two attached hydrogens (primary N) is 1. The number of aryl methyl sites for hydroxylation is 2. The van der Waals surface area contributed by atoms with E-state index in [1.807, 2.05) is 30.5 Å². The Kier molecular flexibility index (Phi) is 8.15. The number of piperidine rings is 1. The van der Waals surface area contributed by atoms with Gasteiger partial charge in [-0.3, -0.25) is 9.78 Å². The van der Waals surface area contributed by atoms with Crippen LogP contribution in [-0.2, 0) is 27.7 Å². The molecule has 4 heterocycles. The number of halogens is 1. The van der Waals surface area contributed by atoms with Gasteiger partial charge in [-0.1, -0.05) is 17.7 Å². The largest absolute Gasteiger partial charge is 0.399 e. The average Bonchev–Trinajstić information content (AvgIpc) is 2.99. The number of sulfonamides is 1. The average molecular weight is 619 g/mol. The van der Waals surface area contributed by atoms with Crippen LogP contribution in [-0.4, -0.2) is 46.7 Å². The second-order valence-electron chi connectivity index (χ2n) is 10.8. The molecule has 0 aliphatic carbocycles. The van der Waals surface area contributed by atoms with Gasteiger partial charge in [-0.15, -0.1) is 0 Å². The molecule has 1 saturated heterocycles. The number of nitrogen functional groups attached to an aromatic ring is 1. The van der Waals surface area contributed by atoms with Crippen molar-refractivity contribution in [1.82, 2.24) is 19.3 Å². The first-order valence-corrected chi connectivity index (χ1v) is 15.8. The van der Waals surface area contributed by atoms with Crippen molar-refractivity contribution in [2.75, 3.05) is 34.8 Å². The summed E-state index contributed by atoms with van der Waals surface area (Å²) in [5, 5.41) is 9.91. The molecular formula is C30H31ClN8O3S. The van der Waals surface area contributed by atoms with E-state index in [1.54, 1.807) is 24.4 Å². The quantitative estimate of drug-likeness (QED) is 0.223. The number of rotatable bonds is 5. The zero-order valence-electron chi connectivity index (χ0n) is 23.3. The van der Waals surface area contributed by atoms with Crippen LogP contribution >= 0.6 is 11.6 Å². The van der Waals surface area contributed by atoms with E-state index >= 15 is 0 Å². The Balaban J connectivity index is 1.14. The summed E-state index contributed by atoms with van der Waals surface area (Å²) in [5.41, 5.74) is 10.4. The molecule has 6 rings (SSSR count). The summed E-state index contributed by atoms with van der Waals surface area (Å²) < 4.78 is 27.6. The highest BCUT2D eigenvalue weighted by molar-refractivity contribution is 7.89. The van der Waals surface area contributed by atoms with Crippen LogP contribution in [0.15, 0.2) is 72.0 Å². The van der Waals surface area contributed by atoms with E-state index in [-0.39, 0.29) is 16.7 Å². The topological polar surface area (TPSA) is 155 Å². The summed E-state index contributed by atoms with van der Waals surface area (Å²) in [6.07, 6.45) is 7.93. The lowest BCUT2D eigenvalue weighted by Crippen LogP contribution is -2.39. The van der Waals surface area contributed by atoms with Crippen LogP contribution in [0.25, 0.3) is 0 Å². The van der Waals surface area contributed by atoms with Crippen LogP contribution in [0, 0.1) is 5.92 Å². The number of hydrogen-bond donors (Lipinski definition) is 4. The van der Waals surface area contributed by atoms with E-state index in [2.05, 4.69) is 30.9 Å². The van der Waals surface area contributed by atoms with Crippen molar-refractivity contribution in [2.45, 2.75) is 37.0 Å². The number of anilines is 6. The number of fused-ring (bicyclic) bond motifs is 6. The molecule has 13 heteroatoms. The number of nitrogens with one attached hydrogen (secondary N) is 3. The van der Waals surface area contributed by atoms with E-state index in [9.17, 15) is 13.2 Å². The third kappa shape index (κ3) is 6.71. The van der Waals surface area contributed by atoms with Gasteiger partial charge in [-0.25, -0.2) is 13.4 Å². The number of carbonyl (C=O) groups is 1. The van der Waals surface area contributed by atoms with E-state index in [0.29, 0.717) is 67.7 Å². The molecule has 2 aromatic heterocycles. The summed E-state index contributed by atoms with van der Waals surface area (Å²) in [6, 6.07) is 14.0. The summed E-state index contributed by atoms with van der Waals surface area (Å²) in [6.45, 7) is 0.714. The van der Waals surface area contributed by atoms with Crippen molar-refractivity contribution < 1.29 is 13.2 Å². The van der Waals surface area contributed by atoms with Gasteiger partial charge in [0.15, 0.2) is 5.82 Å². The summed E-state index contributed by atoms with van der Waals surface area (Å²) >= 11 is 6.37. The molecule has 4 aromatic rings. The molecule has 1 fully saturated rings. The summed E-state index contributed by atoms with van der Waals surface area (Å²) in [4.78, 5) is 26.5. The monoisotopic (exact) mass is 618 g/mol. The van der Waals surface area contributed by atoms with Crippen LogP contribution < -0.4 is 21.7 Å². The van der Waals surface area contributed by atoms with Crippen molar-refractivity contribution in [2.24, 2.45) is 5.92 Å². The molecule has 0 radical (unpaired) electrons. The minimum absolute atomic E-state index is 0.0775. The Labute approximate surface area is 255 Å². The highest BCUT2D eigenvalue weighted by atomic mass is 35.5. The van der Waals surface area contributed by atoms with Gasteiger partial charge < -0.3 is 21.7 Å². The van der Waals surface area contributed by atoms with Crippen LogP contribution in [0.1, 0.15) is 30.4 Å². The fraction of sp³-hybridized carbons (Fsp3) is 0.267. The number of aromatic nitrogens is 3. The molecule has 2 aromatic carbocycles. The molecular weight excluding hydrogens is 588 g/mol. The SMILES string of the molecule is Nc1cccc(S(=O)(=O)N2CCC(CC(=O)Nc3ccc4cc3CCc3cncc(c3)Nc3ncc(Cl)c(n3)N4)CC2)c1. The number of hydrogen-bond acceptors (Lipinski definition) is 9. The Morgan fingerprint density at radius 2 is 1.86 bits per heavy atom. The fourth-order valence-electron chi connectivity index (χ4n) is 5.39. The third-order valence-corrected chi connectivity index (χ3v) is 9.83. The number of pyridine rings is 1. The van der Waals surface area contributed by atoms with Gasteiger partial charge in [0.25, 0.3) is 0 Å². The summed E-state index contributed by atoms with van der Waals surface area (Å²) in [5.74, 6) is 0.818. The molecule has 11 nitrogen and oxygen atoms in total. The van der Waals surface area contributed by atoms with Gasteiger partial charge in [0.1, 0.15) is 5.02 Å². The van der Waals surface area contributed by atoms with Crippen molar-refractivity contribution in [3.05, 3.63) is 83.3 Å². The number of benzene rings is 2. The van der Waals surface area contributed by atoms with Crippen molar-refractivity contribution in [3.8, 4) is 0 Å². The molecule has 1 amide bonds. The highest BCUT2D eigenvalue weighted by Gasteiger charge is 2.30. The van der Waals surface area contributed by atoms with Crippen molar-refractivity contribution in [1.29, 1.82) is 0 Å². The van der Waals surface area contributed by atoms with Crippen LogP contribution in [0.3, 0.4) is 0 Å². The van der Waals surface area contributed by atoms with Crippen LogP contribution in [0.4, 0.5) is 34.5 Å². The smallest absolute Gasteiger partial charge is 0.243 e. The Morgan fingerprint density at radius 3 is 2.67 bits per heavy atom. The lowest BCUT2D eigenvalue weighted by atomic mass is 9.94. The predicted octanol–water partition coefficient (Wildman–Crippen LogP) is 5.12. The molecule has 0 spiro atoms. The molecule has 0 unspecified atom stereocenters. The molecule has 2 aliphatic rings. The molecule has 0 saturated carbocycles. The minimum Gasteiger partial charge on any atom is -0.399 e. The van der Waals surface area contributed by atoms with Gasteiger partial charge in [0, 0.05) is 42.8 Å². The van der Waals surface area contributed by atoms with Gasteiger partial charge in [0.05, 0.1) is 23.0 Å². The number of nitrogens with zero attached hydrogens (tertiary/aromatic N) is 4. The standard InChI is InChI=1S/C30H31ClN8O3S/c31-26-18-34-30-36-24-12-20(16-33-17-24)4-5-21-14-23(35-29(26)38-30)6-7-27(21)37-28(40)13-19-8-10-39(11-9-19)43(41,42)25-3-1-2-22(32)15-25/h1-3,6-7,12,14-19H,4-5,8-11,13,32H2,(H,37,40)(H2,34,35,36,38). The van der Waals surface area contributed by atoms with Gasteiger partial charge in [-0.2, -0.15) is 9.29 Å². The second kappa shape index (κ2) is 12.2. The van der Waals surface area contributed by atoms with Gasteiger partial charge in [-0.05, 0) is 85.2 Å². The Bertz CT molecular complexity index is 1780. The first-order valence-electron chi connectivity index (χ1n) is 14.0. The summed E-state index contributed by atoms with van der Waals surface area (Å²) in [7, 11) is -3.63. The maximum absolute atomic E-state index is 13.2. The molecule has 5 N–H and O–H groups in total. The van der Waals surface area contributed by atoms with Gasteiger partial charge >= 0.3 is 0 Å². The van der Waals surface area contributed by atoms with Gasteiger partial charge in [0.2, 0.25) is 21.9 Å². The first kappa shape index (κ1) is 28.8. The maximum atomic E-state index is 13.2. The zero-order chi connectivity index (χ0) is 30.0. The lowest BCUT2D eigenvalue weighted by Gasteiger charge is -2.31. The van der Waals surface area contributed by atoms with Crippen LogP contribution in [0.2, 0.25) is 5.02 Å². The minimum atomic E-state index is -3.63. The second-order valence-corrected chi connectivity index (χ2v) is 13.1. The number of carbonyl (C=O) groups excluding carboxylic acids is 1. The molecule has 6 bridgehead atoms. The molecule has 222 valence electrons. The highest BCUT2D eigenvalue weighted by Crippen LogP contribution is 2.31. The van der Waals surface area contributed by atoms with E-state index in [1.165, 1.54) is 16.6 Å². The number of amides is 1. The van der Waals surface area contributed by atoms with Crippen LogP contribution in [0.5, 0.6) is 0 Å². The maximum Gasteiger partial charge on any atom is 0.243 e. The molecule has 43 heavy (non-hydrogen) atoms. The molecule has 2 aliphatic heterocycles. The Morgan fingerprint density at radius 1 is 1.02 bits per heavy atom. The molecule has 0 atom stereocenters. The van der Waals surface area contributed by atoms with E-state index < -0.39 is 10.0 Å². The van der Waals surface area contributed by atoms with E-state index in [4.69, 9.17) is 17.3 Å². The normalized spacial score (nSPS) is 15.7. The fourth-order valence-corrected chi connectivity index (χ4v) is 7.06. The Hall–Kier alpha value is -4.26. The lowest BCUT2D eigenvalue weighted by molar-refractivity contribution is -0.117. The van der Waals surface area contributed by atoms with Crippen molar-refractivity contribution in [3.63, 3.8) is 0 Å². The first-order chi connectivity index (χ1) is 20.7. The predicted molar refractivity (Wildman–Crippen MR) is 167 cm³/mol. The third-order valence-electron chi connectivity index (χ3n) is 7.66. The van der Waals surface area contributed by atoms with E-state index in [0.717, 1.165) is 28.2 Å². The zero-order valence-corrected chi connectivity index (χ0v) is 24.8.